The first-order valence-corrected chi connectivity index (χ1v) is 7.27. The fraction of sp³-hybridized carbons (Fsp3) is 0.462. The van der Waals surface area contributed by atoms with Crippen molar-refractivity contribution in [1.29, 1.82) is 0 Å². The van der Waals surface area contributed by atoms with E-state index in [0.29, 0.717) is 10.8 Å². The lowest BCUT2D eigenvalue weighted by Crippen LogP contribution is -2.37. The summed E-state index contributed by atoms with van der Waals surface area (Å²) in [5.41, 5.74) is 7.31. The van der Waals surface area contributed by atoms with Gasteiger partial charge < -0.3 is 10.6 Å². The minimum atomic E-state index is 0.0820. The molecule has 2 aromatic heterocycles. The molecule has 2 aromatic rings. The summed E-state index contributed by atoms with van der Waals surface area (Å²) in [6.45, 7) is 2.44. The molecule has 100 valence electrons. The standard InChI is InChI=1S/C13H16N4OS/c1-8(18)17-7-3-2-4-10(17)9-5-6-11-12(15-9)16-13(14)19-11/h5-6,10H,2-4,7H2,1H3,(H2,14,15,16)/t10-/m0/s1. The summed E-state index contributed by atoms with van der Waals surface area (Å²) in [5.74, 6) is 0.115. The molecule has 0 radical (unpaired) electrons. The highest BCUT2D eigenvalue weighted by molar-refractivity contribution is 7.21. The molecule has 5 nitrogen and oxygen atoms in total. The van der Waals surface area contributed by atoms with E-state index in [1.807, 2.05) is 17.0 Å². The minimum Gasteiger partial charge on any atom is -0.375 e. The molecule has 1 fully saturated rings. The number of rotatable bonds is 1. The van der Waals surface area contributed by atoms with Crippen molar-refractivity contribution in [2.75, 3.05) is 12.3 Å². The topological polar surface area (TPSA) is 72.1 Å². The summed E-state index contributed by atoms with van der Waals surface area (Å²) in [7, 11) is 0. The van der Waals surface area contributed by atoms with Crippen LogP contribution in [-0.2, 0) is 4.79 Å². The first-order chi connectivity index (χ1) is 9.15. The number of carbonyl (C=O) groups is 1. The van der Waals surface area contributed by atoms with Gasteiger partial charge in [-0.15, -0.1) is 0 Å². The van der Waals surface area contributed by atoms with Gasteiger partial charge in [-0.2, -0.15) is 0 Å². The molecule has 0 spiro atoms. The summed E-state index contributed by atoms with van der Waals surface area (Å²) in [4.78, 5) is 22.4. The highest BCUT2D eigenvalue weighted by atomic mass is 32.1. The van der Waals surface area contributed by atoms with E-state index < -0.39 is 0 Å². The van der Waals surface area contributed by atoms with Crippen molar-refractivity contribution in [3.63, 3.8) is 0 Å². The van der Waals surface area contributed by atoms with E-state index in [0.717, 1.165) is 36.2 Å². The summed E-state index contributed by atoms with van der Waals surface area (Å²) in [5, 5.41) is 0.534. The van der Waals surface area contributed by atoms with Gasteiger partial charge >= 0.3 is 0 Å². The molecule has 0 aromatic carbocycles. The summed E-state index contributed by atoms with van der Waals surface area (Å²) >= 11 is 1.44. The van der Waals surface area contributed by atoms with Gasteiger partial charge in [-0.3, -0.25) is 4.79 Å². The lowest BCUT2D eigenvalue weighted by molar-refractivity contribution is -0.132. The maximum absolute atomic E-state index is 11.7. The van der Waals surface area contributed by atoms with E-state index in [-0.39, 0.29) is 11.9 Å². The van der Waals surface area contributed by atoms with Crippen LogP contribution in [0, 0.1) is 0 Å². The lowest BCUT2D eigenvalue weighted by Gasteiger charge is -2.34. The number of piperidine rings is 1. The number of nitrogens with zero attached hydrogens (tertiary/aromatic N) is 3. The number of likely N-dealkylation sites (tertiary alicyclic amines) is 1. The molecule has 1 amide bonds. The van der Waals surface area contributed by atoms with Gasteiger partial charge in [-0.1, -0.05) is 11.3 Å². The Balaban J connectivity index is 1.99. The quantitative estimate of drug-likeness (QED) is 0.867. The Morgan fingerprint density at radius 2 is 2.26 bits per heavy atom. The van der Waals surface area contributed by atoms with Crippen LogP contribution in [0.1, 0.15) is 37.9 Å². The monoisotopic (exact) mass is 276 g/mol. The third-order valence-electron chi connectivity index (χ3n) is 3.54. The van der Waals surface area contributed by atoms with Crippen LogP contribution in [-0.4, -0.2) is 27.3 Å². The van der Waals surface area contributed by atoms with Gasteiger partial charge in [-0.25, -0.2) is 9.97 Å². The van der Waals surface area contributed by atoms with Crippen LogP contribution in [0.5, 0.6) is 0 Å². The zero-order valence-electron chi connectivity index (χ0n) is 10.8. The number of hydrogen-bond donors (Lipinski definition) is 1. The van der Waals surface area contributed by atoms with Crippen LogP contribution in [0.25, 0.3) is 10.3 Å². The largest absolute Gasteiger partial charge is 0.375 e. The van der Waals surface area contributed by atoms with Crippen molar-refractivity contribution in [2.45, 2.75) is 32.2 Å². The first kappa shape index (κ1) is 12.3. The molecule has 0 aliphatic carbocycles. The van der Waals surface area contributed by atoms with Gasteiger partial charge in [0, 0.05) is 13.5 Å². The van der Waals surface area contributed by atoms with Crippen LogP contribution >= 0.6 is 11.3 Å². The number of pyridine rings is 1. The van der Waals surface area contributed by atoms with Crippen LogP contribution in [0.15, 0.2) is 12.1 Å². The van der Waals surface area contributed by atoms with Crippen molar-refractivity contribution < 1.29 is 4.79 Å². The Morgan fingerprint density at radius 1 is 1.42 bits per heavy atom. The second-order valence-electron chi connectivity index (χ2n) is 4.83. The van der Waals surface area contributed by atoms with Gasteiger partial charge in [0.2, 0.25) is 5.91 Å². The highest BCUT2D eigenvalue weighted by Crippen LogP contribution is 2.31. The van der Waals surface area contributed by atoms with E-state index in [4.69, 9.17) is 5.73 Å². The number of carbonyl (C=O) groups excluding carboxylic acids is 1. The second-order valence-corrected chi connectivity index (χ2v) is 5.90. The van der Waals surface area contributed by atoms with Gasteiger partial charge in [0.1, 0.15) is 0 Å². The number of amides is 1. The van der Waals surface area contributed by atoms with Gasteiger partial charge in [0.25, 0.3) is 0 Å². The number of aromatic nitrogens is 2. The summed E-state index contributed by atoms with van der Waals surface area (Å²) in [6, 6.07) is 4.07. The van der Waals surface area contributed by atoms with E-state index in [9.17, 15) is 4.79 Å². The van der Waals surface area contributed by atoms with Gasteiger partial charge in [0.15, 0.2) is 10.8 Å². The predicted octanol–water partition coefficient (Wildman–Crippen LogP) is 2.35. The fourth-order valence-corrected chi connectivity index (χ4v) is 3.33. The highest BCUT2D eigenvalue weighted by Gasteiger charge is 2.27. The molecule has 6 heteroatoms. The second kappa shape index (κ2) is 4.77. The SMILES string of the molecule is CC(=O)N1CCCC[C@H]1c1ccc2sc(N)nc2n1. The molecule has 2 N–H and O–H groups in total. The molecule has 19 heavy (non-hydrogen) atoms. The summed E-state index contributed by atoms with van der Waals surface area (Å²) in [6.07, 6.45) is 3.17. The van der Waals surface area contributed by atoms with E-state index in [1.165, 1.54) is 11.3 Å². The zero-order valence-corrected chi connectivity index (χ0v) is 11.6. The number of nitrogen functional groups attached to an aromatic ring is 1. The van der Waals surface area contributed by atoms with Crippen LogP contribution in [0.2, 0.25) is 0 Å². The third-order valence-corrected chi connectivity index (χ3v) is 4.38. The molecule has 1 aliphatic heterocycles. The maximum Gasteiger partial charge on any atom is 0.220 e. The third kappa shape index (κ3) is 2.28. The van der Waals surface area contributed by atoms with Crippen LogP contribution in [0.3, 0.4) is 0 Å². The molecule has 1 atom stereocenters. The number of thiazole rings is 1. The molecular formula is C13H16N4OS. The van der Waals surface area contributed by atoms with E-state index >= 15 is 0 Å². The Bertz CT molecular complexity index is 624. The lowest BCUT2D eigenvalue weighted by atomic mass is 9.99. The Labute approximate surface area is 115 Å². The fourth-order valence-electron chi connectivity index (χ4n) is 2.65. The average Bonchev–Trinajstić information content (AvgIpc) is 2.77. The number of fused-ring (bicyclic) bond motifs is 1. The Hall–Kier alpha value is -1.69. The summed E-state index contributed by atoms with van der Waals surface area (Å²) < 4.78 is 0.992. The predicted molar refractivity (Wildman–Crippen MR) is 75.8 cm³/mol. The van der Waals surface area contributed by atoms with Crippen LogP contribution < -0.4 is 5.73 Å². The number of nitrogens with two attached hydrogens (primary N) is 1. The molecule has 0 unspecified atom stereocenters. The van der Waals surface area contributed by atoms with Crippen molar-refractivity contribution in [1.82, 2.24) is 14.9 Å². The van der Waals surface area contributed by atoms with Crippen molar-refractivity contribution >= 4 is 32.7 Å². The Morgan fingerprint density at radius 3 is 3.05 bits per heavy atom. The van der Waals surface area contributed by atoms with Gasteiger partial charge in [0.05, 0.1) is 16.4 Å². The van der Waals surface area contributed by atoms with Crippen molar-refractivity contribution in [3.05, 3.63) is 17.8 Å². The van der Waals surface area contributed by atoms with Gasteiger partial charge in [-0.05, 0) is 31.4 Å². The molecule has 0 bridgehead atoms. The first-order valence-electron chi connectivity index (χ1n) is 6.45. The van der Waals surface area contributed by atoms with Crippen LogP contribution in [0.4, 0.5) is 5.13 Å². The van der Waals surface area contributed by atoms with Crippen molar-refractivity contribution in [2.24, 2.45) is 0 Å². The smallest absolute Gasteiger partial charge is 0.220 e. The molecule has 3 rings (SSSR count). The Kier molecular flexibility index (Phi) is 3.10. The molecule has 0 saturated carbocycles. The molecular weight excluding hydrogens is 260 g/mol. The zero-order chi connectivity index (χ0) is 13.4. The maximum atomic E-state index is 11.7. The average molecular weight is 276 g/mol. The molecule has 1 aliphatic rings. The number of hydrogen-bond acceptors (Lipinski definition) is 5. The minimum absolute atomic E-state index is 0.0820. The normalized spacial score (nSPS) is 19.8. The van der Waals surface area contributed by atoms with E-state index in [2.05, 4.69) is 9.97 Å². The van der Waals surface area contributed by atoms with Crippen molar-refractivity contribution in [3.8, 4) is 0 Å². The van der Waals surface area contributed by atoms with E-state index in [1.54, 1.807) is 6.92 Å². The molecule has 1 saturated heterocycles. The molecule has 3 heterocycles. The number of anilines is 1.